The molecule has 2 N–H and O–H groups in total. The molecule has 0 saturated heterocycles. The van der Waals surface area contributed by atoms with Crippen LogP contribution in [0.1, 0.15) is 16.1 Å². The van der Waals surface area contributed by atoms with Crippen LogP contribution >= 0.6 is 11.8 Å². The molecule has 0 amide bonds. The summed E-state index contributed by atoms with van der Waals surface area (Å²) >= 11 is 1.59. The maximum absolute atomic E-state index is 10.8. The first kappa shape index (κ1) is 11.9. The summed E-state index contributed by atoms with van der Waals surface area (Å²) < 4.78 is 5.21. The Bertz CT molecular complexity index is 719. The van der Waals surface area contributed by atoms with Gasteiger partial charge in [0.25, 0.3) is 0 Å². The predicted octanol–water partition coefficient (Wildman–Crippen LogP) is 3.15. The quantitative estimate of drug-likeness (QED) is 0.714. The maximum atomic E-state index is 10.8. The van der Waals surface area contributed by atoms with Crippen LogP contribution in [0.15, 0.2) is 46.2 Å². The van der Waals surface area contributed by atoms with Gasteiger partial charge in [0.2, 0.25) is 5.76 Å². The fourth-order valence-corrected chi connectivity index (χ4v) is 2.54. The van der Waals surface area contributed by atoms with Crippen molar-refractivity contribution in [3.63, 3.8) is 0 Å². The highest BCUT2D eigenvalue weighted by Gasteiger charge is 2.10. The average Bonchev–Trinajstić information content (AvgIpc) is 3.04. The number of thioether (sulfide) groups is 1. The summed E-state index contributed by atoms with van der Waals surface area (Å²) in [4.78, 5) is 18.0. The SMILES string of the molecule is O=C(O)c1cc2cc(CSc3ncc[nH]3)ccc2o1. The molecule has 2 heterocycles. The number of fused-ring (bicyclic) bond motifs is 1. The highest BCUT2D eigenvalue weighted by Crippen LogP contribution is 2.24. The van der Waals surface area contributed by atoms with Gasteiger partial charge in [-0.25, -0.2) is 9.78 Å². The molecule has 0 saturated carbocycles. The molecule has 1 aromatic carbocycles. The van der Waals surface area contributed by atoms with Crippen LogP contribution in [-0.2, 0) is 5.75 Å². The molecule has 0 spiro atoms. The van der Waals surface area contributed by atoms with Crippen molar-refractivity contribution >= 4 is 28.7 Å². The van der Waals surface area contributed by atoms with Crippen molar-refractivity contribution in [2.24, 2.45) is 0 Å². The Kier molecular flexibility index (Phi) is 3.00. The van der Waals surface area contributed by atoms with Crippen LogP contribution < -0.4 is 0 Å². The number of nitrogens with one attached hydrogen (secondary N) is 1. The zero-order valence-corrected chi connectivity index (χ0v) is 10.6. The van der Waals surface area contributed by atoms with Gasteiger partial charge >= 0.3 is 5.97 Å². The van der Waals surface area contributed by atoms with Crippen molar-refractivity contribution in [3.05, 3.63) is 48.0 Å². The molecule has 0 aliphatic heterocycles. The second-order valence-electron chi connectivity index (χ2n) is 3.97. The Morgan fingerprint density at radius 3 is 3.05 bits per heavy atom. The predicted molar refractivity (Wildman–Crippen MR) is 71.3 cm³/mol. The van der Waals surface area contributed by atoms with Crippen LogP contribution in [0.4, 0.5) is 0 Å². The fourth-order valence-electron chi connectivity index (χ4n) is 1.77. The third kappa shape index (κ3) is 2.48. The Morgan fingerprint density at radius 2 is 2.32 bits per heavy atom. The highest BCUT2D eigenvalue weighted by molar-refractivity contribution is 7.98. The number of carboxylic acid groups (broad SMARTS) is 1. The topological polar surface area (TPSA) is 79.1 Å². The van der Waals surface area contributed by atoms with Crippen LogP contribution in [0, 0.1) is 0 Å². The lowest BCUT2D eigenvalue weighted by Crippen LogP contribution is -1.91. The van der Waals surface area contributed by atoms with Gasteiger partial charge in [0, 0.05) is 23.5 Å². The van der Waals surface area contributed by atoms with Crippen LogP contribution in [0.25, 0.3) is 11.0 Å². The molecule has 0 aliphatic carbocycles. The number of aromatic nitrogens is 2. The van der Waals surface area contributed by atoms with Crippen molar-refractivity contribution in [3.8, 4) is 0 Å². The van der Waals surface area contributed by atoms with E-state index < -0.39 is 5.97 Å². The van der Waals surface area contributed by atoms with E-state index in [2.05, 4.69) is 9.97 Å². The number of rotatable bonds is 4. The first-order chi connectivity index (χ1) is 9.22. The number of carboxylic acids is 1. The zero-order valence-electron chi connectivity index (χ0n) is 9.79. The zero-order chi connectivity index (χ0) is 13.2. The van der Waals surface area contributed by atoms with Crippen molar-refractivity contribution in [2.45, 2.75) is 10.9 Å². The third-order valence-electron chi connectivity index (χ3n) is 2.64. The fraction of sp³-hybridized carbons (Fsp3) is 0.0769. The molecule has 2 aromatic heterocycles. The molecule has 0 bridgehead atoms. The molecule has 0 fully saturated rings. The minimum absolute atomic E-state index is 0.0363. The second kappa shape index (κ2) is 4.81. The number of nitrogens with zero attached hydrogens (tertiary/aromatic N) is 1. The number of hydrogen-bond acceptors (Lipinski definition) is 4. The monoisotopic (exact) mass is 274 g/mol. The minimum Gasteiger partial charge on any atom is -0.475 e. The lowest BCUT2D eigenvalue weighted by Gasteiger charge is -1.99. The molecular formula is C13H10N2O3S. The molecule has 3 rings (SSSR count). The van der Waals surface area contributed by atoms with Gasteiger partial charge in [0.1, 0.15) is 5.58 Å². The van der Waals surface area contributed by atoms with Crippen molar-refractivity contribution in [1.82, 2.24) is 9.97 Å². The van der Waals surface area contributed by atoms with Gasteiger partial charge in [0.15, 0.2) is 5.16 Å². The lowest BCUT2D eigenvalue weighted by molar-refractivity contribution is 0.0665. The van der Waals surface area contributed by atoms with E-state index in [1.165, 1.54) is 0 Å². The number of aromatic amines is 1. The van der Waals surface area contributed by atoms with E-state index in [0.717, 1.165) is 21.9 Å². The van der Waals surface area contributed by atoms with Gasteiger partial charge < -0.3 is 14.5 Å². The Labute approximate surface area is 112 Å². The maximum Gasteiger partial charge on any atom is 0.371 e. The van der Waals surface area contributed by atoms with E-state index in [9.17, 15) is 4.79 Å². The van der Waals surface area contributed by atoms with Gasteiger partial charge in [-0.2, -0.15) is 0 Å². The van der Waals surface area contributed by atoms with Gasteiger partial charge in [-0.3, -0.25) is 0 Å². The van der Waals surface area contributed by atoms with Gasteiger partial charge in [0.05, 0.1) is 0 Å². The third-order valence-corrected chi connectivity index (χ3v) is 3.61. The van der Waals surface area contributed by atoms with Crippen LogP contribution in [0.5, 0.6) is 0 Å². The first-order valence-electron chi connectivity index (χ1n) is 5.60. The molecule has 0 atom stereocenters. The number of aromatic carboxylic acids is 1. The summed E-state index contributed by atoms with van der Waals surface area (Å²) in [5.74, 6) is -0.328. The molecule has 0 aliphatic rings. The number of benzene rings is 1. The Morgan fingerprint density at radius 1 is 1.42 bits per heavy atom. The molecule has 5 nitrogen and oxygen atoms in total. The molecule has 19 heavy (non-hydrogen) atoms. The summed E-state index contributed by atoms with van der Waals surface area (Å²) in [6, 6.07) is 7.19. The molecule has 6 heteroatoms. The van der Waals surface area contributed by atoms with E-state index in [-0.39, 0.29) is 5.76 Å². The Balaban J connectivity index is 1.82. The lowest BCUT2D eigenvalue weighted by atomic mass is 10.2. The van der Waals surface area contributed by atoms with Crippen LogP contribution in [-0.4, -0.2) is 21.0 Å². The van der Waals surface area contributed by atoms with E-state index in [1.807, 2.05) is 12.1 Å². The highest BCUT2D eigenvalue weighted by atomic mass is 32.2. The van der Waals surface area contributed by atoms with Gasteiger partial charge in [-0.1, -0.05) is 17.8 Å². The number of furan rings is 1. The summed E-state index contributed by atoms with van der Waals surface area (Å²) in [5.41, 5.74) is 1.68. The number of H-pyrrole nitrogens is 1. The van der Waals surface area contributed by atoms with Crippen LogP contribution in [0.3, 0.4) is 0 Å². The summed E-state index contributed by atoms with van der Waals surface area (Å²) in [7, 11) is 0. The molecule has 3 aromatic rings. The summed E-state index contributed by atoms with van der Waals surface area (Å²) in [6.07, 6.45) is 3.49. The van der Waals surface area contributed by atoms with E-state index >= 15 is 0 Å². The molecule has 0 unspecified atom stereocenters. The number of imidazole rings is 1. The van der Waals surface area contributed by atoms with Gasteiger partial charge in [-0.05, 0) is 23.8 Å². The van der Waals surface area contributed by atoms with Gasteiger partial charge in [-0.15, -0.1) is 0 Å². The summed E-state index contributed by atoms with van der Waals surface area (Å²) in [5, 5.41) is 10.5. The van der Waals surface area contributed by atoms with Crippen LogP contribution in [0.2, 0.25) is 0 Å². The molecular weight excluding hydrogens is 264 g/mol. The number of hydrogen-bond donors (Lipinski definition) is 2. The average molecular weight is 274 g/mol. The first-order valence-corrected chi connectivity index (χ1v) is 6.59. The number of carbonyl (C=O) groups is 1. The van der Waals surface area contributed by atoms with Crippen molar-refractivity contribution in [2.75, 3.05) is 0 Å². The summed E-state index contributed by atoms with van der Waals surface area (Å²) in [6.45, 7) is 0. The molecule has 96 valence electrons. The Hall–Kier alpha value is -2.21. The smallest absolute Gasteiger partial charge is 0.371 e. The largest absolute Gasteiger partial charge is 0.475 e. The minimum atomic E-state index is -1.05. The standard InChI is InChI=1S/C13H10N2O3S/c16-12(17)11-6-9-5-8(1-2-10(9)18-11)7-19-13-14-3-4-15-13/h1-6H,7H2,(H,14,15)(H,16,17). The van der Waals surface area contributed by atoms with E-state index in [1.54, 1.807) is 36.3 Å². The second-order valence-corrected chi connectivity index (χ2v) is 4.94. The van der Waals surface area contributed by atoms with Crippen molar-refractivity contribution < 1.29 is 14.3 Å². The van der Waals surface area contributed by atoms with E-state index in [0.29, 0.717) is 5.58 Å². The van der Waals surface area contributed by atoms with Crippen molar-refractivity contribution in [1.29, 1.82) is 0 Å². The molecule has 0 radical (unpaired) electrons. The normalized spacial score (nSPS) is 10.9. The van der Waals surface area contributed by atoms with E-state index in [4.69, 9.17) is 9.52 Å².